The van der Waals surface area contributed by atoms with Gasteiger partial charge in [0.1, 0.15) is 11.3 Å². The number of methoxy groups -OCH3 is 1. The average Bonchev–Trinajstić information content (AvgIpc) is 3.16. The Kier molecular flexibility index (Phi) is 5.68. The van der Waals surface area contributed by atoms with Gasteiger partial charge in [0.05, 0.1) is 12.7 Å². The number of benzene rings is 3. The van der Waals surface area contributed by atoms with Gasteiger partial charge in [0.2, 0.25) is 5.89 Å². The first kappa shape index (κ1) is 20.6. The third-order valence-corrected chi connectivity index (χ3v) is 5.11. The lowest BCUT2D eigenvalue weighted by atomic mass is 10.1. The number of ether oxygens (including phenoxy) is 1. The van der Waals surface area contributed by atoms with Gasteiger partial charge in [-0.1, -0.05) is 30.3 Å². The highest BCUT2D eigenvalue weighted by Gasteiger charge is 2.16. The molecule has 0 saturated carbocycles. The second kappa shape index (κ2) is 8.57. The molecule has 0 aliphatic heterocycles. The fraction of sp³-hybridized carbons (Fsp3) is 0.125. The van der Waals surface area contributed by atoms with Crippen molar-refractivity contribution in [1.82, 2.24) is 10.3 Å². The molecule has 0 aliphatic carbocycles. The summed E-state index contributed by atoms with van der Waals surface area (Å²) in [6.07, 6.45) is 0. The van der Waals surface area contributed by atoms with Crippen molar-refractivity contribution in [3.63, 3.8) is 0 Å². The molecule has 7 heteroatoms. The zero-order valence-electron chi connectivity index (χ0n) is 17.4. The Morgan fingerprint density at radius 3 is 2.58 bits per heavy atom. The summed E-state index contributed by atoms with van der Waals surface area (Å²) in [6, 6.07) is 18.8. The fourth-order valence-corrected chi connectivity index (χ4v) is 3.58. The van der Waals surface area contributed by atoms with E-state index in [0.717, 1.165) is 16.7 Å². The largest absolute Gasteiger partial charge is 0.496 e. The number of hydrogen-bond acceptors (Lipinski definition) is 5. The Bertz CT molecular complexity index is 1300. The van der Waals surface area contributed by atoms with Crippen molar-refractivity contribution >= 4 is 40.0 Å². The maximum absolute atomic E-state index is 12.6. The van der Waals surface area contributed by atoms with E-state index < -0.39 is 0 Å². The van der Waals surface area contributed by atoms with Crippen LogP contribution in [0, 0.1) is 13.8 Å². The highest BCUT2D eigenvalue weighted by molar-refractivity contribution is 7.80. The first-order chi connectivity index (χ1) is 15.0. The number of anilines is 1. The summed E-state index contributed by atoms with van der Waals surface area (Å²) in [5.74, 6) is 0.741. The molecule has 0 unspecified atom stereocenters. The van der Waals surface area contributed by atoms with Gasteiger partial charge in [-0.2, -0.15) is 0 Å². The summed E-state index contributed by atoms with van der Waals surface area (Å²) >= 11 is 5.32. The monoisotopic (exact) mass is 431 g/mol. The normalized spacial score (nSPS) is 10.7. The molecule has 1 heterocycles. The van der Waals surface area contributed by atoms with Gasteiger partial charge in [0, 0.05) is 11.3 Å². The molecule has 0 saturated heterocycles. The van der Waals surface area contributed by atoms with E-state index in [1.54, 1.807) is 12.1 Å². The number of aryl methyl sites for hydroxylation is 2. The summed E-state index contributed by atoms with van der Waals surface area (Å²) in [5, 5.41) is 5.89. The van der Waals surface area contributed by atoms with Crippen LogP contribution in [0.15, 0.2) is 65.1 Å². The number of aromatic nitrogens is 1. The molecule has 156 valence electrons. The van der Waals surface area contributed by atoms with Crippen LogP contribution in [0.3, 0.4) is 0 Å². The molecule has 0 aliphatic rings. The molecular weight excluding hydrogens is 410 g/mol. The molecule has 4 aromatic rings. The van der Waals surface area contributed by atoms with Crippen LogP contribution in [0.25, 0.3) is 22.6 Å². The Morgan fingerprint density at radius 2 is 1.81 bits per heavy atom. The molecular formula is C24H21N3O3S. The van der Waals surface area contributed by atoms with Crippen LogP contribution in [0.1, 0.15) is 21.5 Å². The van der Waals surface area contributed by atoms with Crippen LogP contribution in [0.5, 0.6) is 5.75 Å². The minimum absolute atomic E-state index is 0.176. The van der Waals surface area contributed by atoms with Gasteiger partial charge in [0.15, 0.2) is 10.7 Å². The lowest BCUT2D eigenvalue weighted by Gasteiger charge is -2.13. The van der Waals surface area contributed by atoms with Crippen molar-refractivity contribution in [2.45, 2.75) is 13.8 Å². The number of carbonyl (C=O) groups is 1. The van der Waals surface area contributed by atoms with E-state index in [9.17, 15) is 4.79 Å². The summed E-state index contributed by atoms with van der Waals surface area (Å²) in [4.78, 5) is 17.2. The quantitative estimate of drug-likeness (QED) is 0.430. The first-order valence-electron chi connectivity index (χ1n) is 9.69. The van der Waals surface area contributed by atoms with E-state index in [2.05, 4.69) is 15.6 Å². The highest BCUT2D eigenvalue weighted by Crippen LogP contribution is 2.28. The molecule has 6 nitrogen and oxygen atoms in total. The van der Waals surface area contributed by atoms with E-state index in [4.69, 9.17) is 21.4 Å². The number of nitrogens with zero attached hydrogens (tertiary/aromatic N) is 1. The predicted octanol–water partition coefficient (Wildman–Crippen LogP) is 5.25. The molecule has 0 atom stereocenters. The topological polar surface area (TPSA) is 76.4 Å². The van der Waals surface area contributed by atoms with E-state index in [1.165, 1.54) is 7.11 Å². The van der Waals surface area contributed by atoms with E-state index in [-0.39, 0.29) is 11.0 Å². The molecule has 0 fully saturated rings. The first-order valence-corrected chi connectivity index (χ1v) is 10.1. The number of carbonyl (C=O) groups excluding carboxylic acids is 1. The van der Waals surface area contributed by atoms with Crippen LogP contribution in [0.4, 0.5) is 5.69 Å². The minimum atomic E-state index is -0.345. The molecule has 0 radical (unpaired) electrons. The van der Waals surface area contributed by atoms with Gasteiger partial charge in [-0.25, -0.2) is 4.98 Å². The molecule has 0 bridgehead atoms. The van der Waals surface area contributed by atoms with E-state index in [0.29, 0.717) is 34.0 Å². The average molecular weight is 432 g/mol. The number of thiocarbonyl (C=S) groups is 1. The summed E-state index contributed by atoms with van der Waals surface area (Å²) < 4.78 is 11.2. The van der Waals surface area contributed by atoms with Crippen molar-refractivity contribution in [2.75, 3.05) is 12.4 Å². The lowest BCUT2D eigenvalue weighted by molar-refractivity contribution is 0.0974. The Labute approximate surface area is 185 Å². The second-order valence-corrected chi connectivity index (χ2v) is 7.49. The maximum atomic E-state index is 12.6. The van der Waals surface area contributed by atoms with Gasteiger partial charge in [-0.15, -0.1) is 0 Å². The zero-order valence-corrected chi connectivity index (χ0v) is 18.2. The van der Waals surface area contributed by atoms with Gasteiger partial charge < -0.3 is 14.5 Å². The van der Waals surface area contributed by atoms with Gasteiger partial charge in [0.25, 0.3) is 5.91 Å². The molecule has 1 aromatic heterocycles. The van der Waals surface area contributed by atoms with Crippen molar-refractivity contribution in [3.05, 3.63) is 77.4 Å². The zero-order chi connectivity index (χ0) is 22.0. The number of oxazole rings is 1. The van der Waals surface area contributed by atoms with Crippen molar-refractivity contribution < 1.29 is 13.9 Å². The number of fused-ring (bicyclic) bond motifs is 1. The number of para-hydroxylation sites is 1. The van der Waals surface area contributed by atoms with Crippen LogP contribution >= 0.6 is 12.2 Å². The smallest absolute Gasteiger partial charge is 0.261 e. The van der Waals surface area contributed by atoms with Crippen LogP contribution in [-0.4, -0.2) is 23.1 Å². The van der Waals surface area contributed by atoms with Gasteiger partial charge in [-0.05, 0) is 67.5 Å². The second-order valence-electron chi connectivity index (χ2n) is 7.08. The fourth-order valence-electron chi connectivity index (χ4n) is 3.37. The van der Waals surface area contributed by atoms with E-state index >= 15 is 0 Å². The summed E-state index contributed by atoms with van der Waals surface area (Å²) in [6.45, 7) is 3.89. The van der Waals surface area contributed by atoms with Gasteiger partial charge in [-0.3, -0.25) is 10.1 Å². The van der Waals surface area contributed by atoms with Crippen molar-refractivity contribution in [1.29, 1.82) is 0 Å². The van der Waals surface area contributed by atoms with Crippen molar-refractivity contribution in [3.8, 4) is 17.2 Å². The number of hydrogen-bond donors (Lipinski definition) is 2. The third-order valence-electron chi connectivity index (χ3n) is 4.91. The molecule has 2 N–H and O–H groups in total. The van der Waals surface area contributed by atoms with Crippen LogP contribution < -0.4 is 15.4 Å². The highest BCUT2D eigenvalue weighted by atomic mass is 32.1. The predicted molar refractivity (Wildman–Crippen MR) is 126 cm³/mol. The van der Waals surface area contributed by atoms with Crippen molar-refractivity contribution in [2.24, 2.45) is 0 Å². The summed E-state index contributed by atoms with van der Waals surface area (Å²) in [7, 11) is 1.54. The lowest BCUT2D eigenvalue weighted by Crippen LogP contribution is -2.34. The standard InChI is InChI=1S/C24H21N3O3S/c1-14-7-4-5-9-17(14)23-26-19-13-16(11-12-20(19)30-23)25-24(31)27-22(28)18-10-6-8-15(2)21(18)29-3/h4-13H,1-3H3,(H2,25,27,28,31). The van der Waals surface area contributed by atoms with Crippen LogP contribution in [0.2, 0.25) is 0 Å². The SMILES string of the molecule is COc1c(C)cccc1C(=O)NC(=S)Nc1ccc2oc(-c3ccccc3C)nc2c1. The van der Waals surface area contributed by atoms with Gasteiger partial charge >= 0.3 is 0 Å². The number of nitrogens with one attached hydrogen (secondary N) is 2. The molecule has 0 spiro atoms. The number of amides is 1. The number of rotatable bonds is 4. The molecule has 31 heavy (non-hydrogen) atoms. The summed E-state index contributed by atoms with van der Waals surface area (Å²) in [5.41, 5.74) is 5.38. The maximum Gasteiger partial charge on any atom is 0.261 e. The van der Waals surface area contributed by atoms with E-state index in [1.807, 2.05) is 62.4 Å². The molecule has 3 aromatic carbocycles. The Balaban J connectivity index is 1.51. The molecule has 4 rings (SSSR count). The third kappa shape index (κ3) is 4.27. The van der Waals surface area contributed by atoms with Crippen LogP contribution in [-0.2, 0) is 0 Å². The Hall–Kier alpha value is -3.71. The minimum Gasteiger partial charge on any atom is -0.496 e. The Morgan fingerprint density at radius 1 is 1.03 bits per heavy atom. The molecule has 1 amide bonds.